The predicted molar refractivity (Wildman–Crippen MR) is 131 cm³/mol. The van der Waals surface area contributed by atoms with E-state index in [2.05, 4.69) is 10.3 Å². The molecule has 0 saturated carbocycles. The minimum absolute atomic E-state index is 0.225. The maximum atomic E-state index is 13.2. The zero-order chi connectivity index (χ0) is 21.8. The van der Waals surface area contributed by atoms with E-state index in [-0.39, 0.29) is 5.91 Å². The summed E-state index contributed by atoms with van der Waals surface area (Å²) in [6.45, 7) is 0. The normalized spacial score (nSPS) is 10.7. The summed E-state index contributed by atoms with van der Waals surface area (Å²) < 4.78 is 0. The number of benzene rings is 3. The molecule has 1 N–H and O–H groups in total. The lowest BCUT2D eigenvalue weighted by Crippen LogP contribution is -2.13. The van der Waals surface area contributed by atoms with Crippen molar-refractivity contribution in [2.24, 2.45) is 0 Å². The zero-order valence-electron chi connectivity index (χ0n) is 16.6. The van der Waals surface area contributed by atoms with E-state index in [1.54, 1.807) is 24.0 Å². The molecule has 0 aliphatic rings. The fraction of sp³-hybridized carbons (Fsp3) is 0.0400. The van der Waals surface area contributed by atoms with Crippen LogP contribution in [-0.4, -0.2) is 17.1 Å². The molecule has 1 heterocycles. The van der Waals surface area contributed by atoms with E-state index in [9.17, 15) is 4.79 Å². The van der Waals surface area contributed by atoms with Crippen molar-refractivity contribution in [1.82, 2.24) is 4.98 Å². The first-order valence-electron chi connectivity index (χ1n) is 9.52. The van der Waals surface area contributed by atoms with Crippen LogP contribution in [0, 0.1) is 0 Å². The molecule has 31 heavy (non-hydrogen) atoms. The number of nitrogens with one attached hydrogen (secondary N) is 1. The number of anilines is 1. The van der Waals surface area contributed by atoms with Gasteiger partial charge in [0.2, 0.25) is 0 Å². The molecule has 0 spiro atoms. The number of carbonyl (C=O) groups is 1. The van der Waals surface area contributed by atoms with Gasteiger partial charge in [-0.25, -0.2) is 0 Å². The van der Waals surface area contributed by atoms with Crippen LogP contribution in [0.1, 0.15) is 10.4 Å². The Morgan fingerprint density at radius 3 is 2.52 bits per heavy atom. The highest BCUT2D eigenvalue weighted by atomic mass is 35.5. The lowest BCUT2D eigenvalue weighted by atomic mass is 9.99. The number of thioether (sulfide) groups is 1. The molecule has 0 aliphatic carbocycles. The Balaban J connectivity index is 1.71. The van der Waals surface area contributed by atoms with Gasteiger partial charge in [0.15, 0.2) is 0 Å². The summed E-state index contributed by atoms with van der Waals surface area (Å²) in [7, 11) is 0. The molecule has 3 nitrogen and oxygen atoms in total. The first kappa shape index (κ1) is 21.4. The average Bonchev–Trinajstić information content (AvgIpc) is 2.81. The van der Waals surface area contributed by atoms with Gasteiger partial charge in [0.05, 0.1) is 15.7 Å². The first-order valence-corrected chi connectivity index (χ1v) is 11.5. The summed E-state index contributed by atoms with van der Waals surface area (Å²) in [5, 5.41) is 3.87. The number of amides is 1. The van der Waals surface area contributed by atoms with Crippen molar-refractivity contribution in [3.8, 4) is 22.4 Å². The van der Waals surface area contributed by atoms with E-state index in [0.29, 0.717) is 21.3 Å². The molecular formula is C25H18Cl2N2OS. The molecule has 1 amide bonds. The third kappa shape index (κ3) is 4.77. The largest absolute Gasteiger partial charge is 0.322 e. The van der Waals surface area contributed by atoms with Gasteiger partial charge in [-0.2, -0.15) is 0 Å². The maximum Gasteiger partial charge on any atom is 0.256 e. The topological polar surface area (TPSA) is 42.0 Å². The Bertz CT molecular complexity index is 1250. The van der Waals surface area contributed by atoms with Crippen LogP contribution in [0.25, 0.3) is 22.4 Å². The summed E-state index contributed by atoms with van der Waals surface area (Å²) in [6.07, 6.45) is 3.73. The average molecular weight is 465 g/mol. The molecule has 0 unspecified atom stereocenters. The second kappa shape index (κ2) is 9.56. The third-order valence-electron chi connectivity index (χ3n) is 4.79. The molecule has 0 radical (unpaired) electrons. The SMILES string of the molecule is CSc1ccc(C(=O)Nc2cccc(-c3ccccn3)c2)c(-c2cccc(Cl)c2Cl)c1. The second-order valence-electron chi connectivity index (χ2n) is 6.76. The number of aromatic nitrogens is 1. The monoisotopic (exact) mass is 464 g/mol. The summed E-state index contributed by atoms with van der Waals surface area (Å²) in [5.41, 5.74) is 4.43. The van der Waals surface area contributed by atoms with Gasteiger partial charge < -0.3 is 5.32 Å². The summed E-state index contributed by atoms with van der Waals surface area (Å²) in [6, 6.07) is 24.5. The Hall–Kier alpha value is -2.79. The van der Waals surface area contributed by atoms with Crippen LogP contribution >= 0.6 is 35.0 Å². The van der Waals surface area contributed by atoms with Gasteiger partial charge in [-0.3, -0.25) is 9.78 Å². The molecule has 0 atom stereocenters. The number of carbonyl (C=O) groups excluding carboxylic acids is 1. The van der Waals surface area contributed by atoms with Gasteiger partial charge in [0.1, 0.15) is 0 Å². The molecule has 4 rings (SSSR count). The number of nitrogens with zero attached hydrogens (tertiary/aromatic N) is 1. The molecule has 1 aromatic heterocycles. The van der Waals surface area contributed by atoms with Crippen LogP contribution < -0.4 is 5.32 Å². The Morgan fingerprint density at radius 1 is 0.903 bits per heavy atom. The zero-order valence-corrected chi connectivity index (χ0v) is 18.9. The van der Waals surface area contributed by atoms with Crippen molar-refractivity contribution in [1.29, 1.82) is 0 Å². The van der Waals surface area contributed by atoms with Crippen LogP contribution in [0.3, 0.4) is 0 Å². The molecule has 6 heteroatoms. The van der Waals surface area contributed by atoms with Crippen LogP contribution in [0.4, 0.5) is 5.69 Å². The molecule has 3 aromatic carbocycles. The van der Waals surface area contributed by atoms with Gasteiger partial charge in [0.25, 0.3) is 5.91 Å². The quantitative estimate of drug-likeness (QED) is 0.307. The standard InChI is InChI=1S/C25H18Cl2N2OS/c1-31-18-11-12-20(21(15-18)19-8-5-9-22(26)24(19)27)25(30)29-17-7-4-6-16(14-17)23-10-2-3-13-28-23/h2-15H,1H3,(H,29,30). The third-order valence-corrected chi connectivity index (χ3v) is 6.34. The highest BCUT2D eigenvalue weighted by Crippen LogP contribution is 2.37. The van der Waals surface area contributed by atoms with E-state index < -0.39 is 0 Å². The van der Waals surface area contributed by atoms with Gasteiger partial charge >= 0.3 is 0 Å². The van der Waals surface area contributed by atoms with Crippen LogP contribution in [0.2, 0.25) is 10.0 Å². The predicted octanol–water partition coefficient (Wildman–Crippen LogP) is 7.70. The Morgan fingerprint density at radius 2 is 1.74 bits per heavy atom. The van der Waals surface area contributed by atoms with Crippen LogP contribution in [0.15, 0.2) is 90.0 Å². The molecule has 0 bridgehead atoms. The molecular weight excluding hydrogens is 447 g/mol. The van der Waals surface area contributed by atoms with Crippen LogP contribution in [0.5, 0.6) is 0 Å². The van der Waals surface area contributed by atoms with Crippen molar-refractivity contribution < 1.29 is 4.79 Å². The van der Waals surface area contributed by atoms with E-state index >= 15 is 0 Å². The highest BCUT2D eigenvalue weighted by molar-refractivity contribution is 7.98. The van der Waals surface area contributed by atoms with E-state index in [4.69, 9.17) is 23.2 Å². The van der Waals surface area contributed by atoms with Crippen molar-refractivity contribution in [2.45, 2.75) is 4.90 Å². The fourth-order valence-corrected chi connectivity index (χ4v) is 4.11. The Labute approximate surface area is 195 Å². The van der Waals surface area contributed by atoms with Crippen molar-refractivity contribution in [3.05, 3.63) is 101 Å². The lowest BCUT2D eigenvalue weighted by molar-refractivity contribution is 0.102. The van der Waals surface area contributed by atoms with Gasteiger partial charge in [-0.15, -0.1) is 11.8 Å². The maximum absolute atomic E-state index is 13.2. The van der Waals surface area contributed by atoms with Crippen molar-refractivity contribution in [3.63, 3.8) is 0 Å². The van der Waals surface area contributed by atoms with Crippen molar-refractivity contribution >= 4 is 46.6 Å². The number of hydrogen-bond donors (Lipinski definition) is 1. The number of hydrogen-bond acceptors (Lipinski definition) is 3. The van der Waals surface area contributed by atoms with Gasteiger partial charge in [0, 0.05) is 33.5 Å². The van der Waals surface area contributed by atoms with E-state index in [0.717, 1.165) is 27.3 Å². The molecule has 0 saturated heterocycles. The molecule has 4 aromatic rings. The van der Waals surface area contributed by atoms with Crippen LogP contribution in [-0.2, 0) is 0 Å². The number of rotatable bonds is 5. The Kier molecular flexibility index (Phi) is 6.62. The number of pyridine rings is 1. The minimum Gasteiger partial charge on any atom is -0.322 e. The highest BCUT2D eigenvalue weighted by Gasteiger charge is 2.17. The molecule has 0 aliphatic heterocycles. The minimum atomic E-state index is -0.225. The second-order valence-corrected chi connectivity index (χ2v) is 8.43. The molecule has 0 fully saturated rings. The fourth-order valence-electron chi connectivity index (χ4n) is 3.27. The molecule has 154 valence electrons. The van der Waals surface area contributed by atoms with E-state index in [1.807, 2.05) is 79.1 Å². The smallest absolute Gasteiger partial charge is 0.256 e. The first-order chi connectivity index (χ1) is 15.1. The summed E-state index contributed by atoms with van der Waals surface area (Å²) in [5.74, 6) is -0.225. The van der Waals surface area contributed by atoms with Gasteiger partial charge in [-0.05, 0) is 60.4 Å². The van der Waals surface area contributed by atoms with Gasteiger partial charge in [-0.1, -0.05) is 53.5 Å². The summed E-state index contributed by atoms with van der Waals surface area (Å²) >= 11 is 14.3. The van der Waals surface area contributed by atoms with Crippen molar-refractivity contribution in [2.75, 3.05) is 11.6 Å². The summed E-state index contributed by atoms with van der Waals surface area (Å²) in [4.78, 5) is 18.6. The lowest BCUT2D eigenvalue weighted by Gasteiger charge is -2.14. The van der Waals surface area contributed by atoms with E-state index in [1.165, 1.54) is 0 Å². The number of halogens is 2.